The Hall–Kier alpha value is 0.170. The summed E-state index contributed by atoms with van der Waals surface area (Å²) < 4.78 is 23.0. The van der Waals surface area contributed by atoms with Gasteiger partial charge in [-0.25, -0.2) is 8.78 Å². The van der Waals surface area contributed by atoms with Crippen molar-refractivity contribution in [3.05, 3.63) is 7.05 Å². The van der Waals surface area contributed by atoms with E-state index in [9.17, 15) is 8.78 Å². The fourth-order valence-corrected chi connectivity index (χ4v) is 1.22. The molecule has 0 saturated heterocycles. The number of nitrogens with two attached hydrogens (primary N) is 1. The summed E-state index contributed by atoms with van der Waals surface area (Å²) in [6.07, 6.45) is -1.20. The van der Waals surface area contributed by atoms with Gasteiger partial charge in [0.1, 0.15) is 0 Å². The average molecular weight is 169 g/mol. The Balaban J connectivity index is 2.77. The van der Waals surface area contributed by atoms with Gasteiger partial charge in [-0.1, -0.05) is 0 Å². The topological polar surface area (TPSA) is 16.6 Å². The number of hydrogen-bond acceptors (Lipinski definition) is 1. The van der Waals surface area contributed by atoms with Crippen LogP contribution < -0.4 is 5.32 Å². The van der Waals surface area contributed by atoms with E-state index in [-0.39, 0.29) is 5.75 Å². The zero-order valence-electron chi connectivity index (χ0n) is 5.85. The molecule has 0 aliphatic rings. The zero-order valence-corrected chi connectivity index (χ0v) is 6.67. The number of thioether (sulfide) groups is 1. The van der Waals surface area contributed by atoms with Crippen LogP contribution >= 0.6 is 11.8 Å². The van der Waals surface area contributed by atoms with Gasteiger partial charge < -0.3 is 5.32 Å². The molecule has 0 heterocycles. The minimum atomic E-state index is -2.16. The Morgan fingerprint density at radius 2 is 2.20 bits per heavy atom. The molecule has 0 aromatic heterocycles. The molecule has 0 amide bonds. The molecule has 0 rings (SSSR count). The number of hydrogen-bond donors (Lipinski definition) is 1. The van der Waals surface area contributed by atoms with Crippen LogP contribution in [0.5, 0.6) is 0 Å². The maximum atomic E-state index is 11.5. The van der Waals surface area contributed by atoms with Gasteiger partial charge in [0.25, 0.3) is 0 Å². The molecule has 0 spiro atoms. The normalized spacial score (nSPS) is 10.8. The summed E-state index contributed by atoms with van der Waals surface area (Å²) in [6, 6.07) is 0. The second-order valence-corrected chi connectivity index (χ2v) is 3.05. The Kier molecular flexibility index (Phi) is 7.40. The van der Waals surface area contributed by atoms with E-state index in [0.717, 1.165) is 18.7 Å². The maximum Gasteiger partial charge on any atom is 0.247 e. The third-order valence-electron chi connectivity index (χ3n) is 0.941. The van der Waals surface area contributed by atoms with Gasteiger partial charge in [0.2, 0.25) is 6.43 Å². The van der Waals surface area contributed by atoms with E-state index in [1.807, 2.05) is 5.32 Å². The Labute approximate surface area is 64.6 Å². The molecule has 1 nitrogen and oxygen atoms in total. The van der Waals surface area contributed by atoms with Crippen molar-refractivity contribution in [1.82, 2.24) is 0 Å². The molecule has 0 bridgehead atoms. The highest BCUT2D eigenvalue weighted by atomic mass is 32.2. The van der Waals surface area contributed by atoms with E-state index < -0.39 is 6.43 Å². The van der Waals surface area contributed by atoms with Crippen molar-refractivity contribution in [2.24, 2.45) is 0 Å². The average Bonchev–Trinajstić information content (AvgIpc) is 1.87. The van der Waals surface area contributed by atoms with Gasteiger partial charge in [-0.3, -0.25) is 0 Å². The molecule has 0 aromatic carbocycles. The number of quaternary nitrogens is 1. The summed E-state index contributed by atoms with van der Waals surface area (Å²) >= 11 is 1.30. The molecule has 0 atom stereocenters. The first-order valence-electron chi connectivity index (χ1n) is 3.24. The highest BCUT2D eigenvalue weighted by Gasteiger charge is 2.00. The molecule has 0 saturated carbocycles. The van der Waals surface area contributed by atoms with Crippen molar-refractivity contribution in [2.45, 2.75) is 12.8 Å². The first-order valence-corrected chi connectivity index (χ1v) is 4.39. The lowest BCUT2D eigenvalue weighted by molar-refractivity contribution is -0.595. The first kappa shape index (κ1) is 10.2. The Morgan fingerprint density at radius 1 is 1.50 bits per heavy atom. The van der Waals surface area contributed by atoms with Gasteiger partial charge in [0.05, 0.1) is 12.3 Å². The summed E-state index contributed by atoms with van der Waals surface area (Å²) in [5.41, 5.74) is 0. The third-order valence-corrected chi connectivity index (χ3v) is 2.01. The molecule has 4 heteroatoms. The van der Waals surface area contributed by atoms with Crippen LogP contribution in [0.1, 0.15) is 6.42 Å². The molecule has 10 heavy (non-hydrogen) atoms. The summed E-state index contributed by atoms with van der Waals surface area (Å²) in [4.78, 5) is 0. The molecule has 0 aliphatic carbocycles. The van der Waals surface area contributed by atoms with Gasteiger partial charge in [-0.05, 0) is 5.75 Å². The fourth-order valence-electron chi connectivity index (χ4n) is 0.502. The van der Waals surface area contributed by atoms with Gasteiger partial charge in [-0.2, -0.15) is 18.8 Å². The minimum absolute atomic E-state index is 0.0306. The van der Waals surface area contributed by atoms with Crippen LogP contribution in [0.2, 0.25) is 0 Å². The van der Waals surface area contributed by atoms with E-state index in [1.165, 1.54) is 11.8 Å². The number of alkyl halides is 2. The van der Waals surface area contributed by atoms with E-state index in [2.05, 4.69) is 7.05 Å². The van der Waals surface area contributed by atoms with Crippen LogP contribution in [0.3, 0.4) is 0 Å². The van der Waals surface area contributed by atoms with E-state index in [1.54, 1.807) is 0 Å². The minimum Gasteiger partial charge on any atom is -0.479 e. The number of rotatable bonds is 6. The van der Waals surface area contributed by atoms with Crippen molar-refractivity contribution >= 4 is 11.8 Å². The molecule has 2 N–H and O–H groups in total. The predicted molar refractivity (Wildman–Crippen MR) is 40.1 cm³/mol. The Morgan fingerprint density at radius 3 is 2.70 bits per heavy atom. The molecule has 0 radical (unpaired) electrons. The Bertz CT molecular complexity index is 70.8. The highest BCUT2D eigenvalue weighted by molar-refractivity contribution is 7.99. The van der Waals surface area contributed by atoms with Crippen molar-refractivity contribution in [2.75, 3.05) is 18.1 Å². The predicted octanol–water partition coefficient (Wildman–Crippen LogP) is 0.730. The summed E-state index contributed by atoms with van der Waals surface area (Å²) in [5.74, 6) is 0.785. The summed E-state index contributed by atoms with van der Waals surface area (Å²) in [6.45, 7) is 0.927. The van der Waals surface area contributed by atoms with Crippen LogP contribution in [0, 0.1) is 7.05 Å². The van der Waals surface area contributed by atoms with Gasteiger partial charge in [0.15, 0.2) is 0 Å². The first-order chi connectivity index (χ1) is 4.77. The smallest absolute Gasteiger partial charge is 0.247 e. The highest BCUT2D eigenvalue weighted by Crippen LogP contribution is 2.06. The summed E-state index contributed by atoms with van der Waals surface area (Å²) in [7, 11) is 3.54. The van der Waals surface area contributed by atoms with Crippen molar-refractivity contribution < 1.29 is 14.1 Å². The zero-order chi connectivity index (χ0) is 7.82. The van der Waals surface area contributed by atoms with Crippen LogP contribution in [-0.4, -0.2) is 24.5 Å². The van der Waals surface area contributed by atoms with Crippen molar-refractivity contribution in [3.63, 3.8) is 0 Å². The second-order valence-electron chi connectivity index (χ2n) is 1.90. The van der Waals surface area contributed by atoms with E-state index >= 15 is 0 Å². The molecule has 0 unspecified atom stereocenters. The standard InChI is InChI=1S/C6H13F2NS/c1-9-3-2-4-10-5-6(7)8/h6H,1-5,9H2. The van der Waals surface area contributed by atoms with Crippen molar-refractivity contribution in [1.29, 1.82) is 0 Å². The maximum absolute atomic E-state index is 11.5. The SMILES string of the molecule is [CH2-][NH2+]CCCSCC(F)F. The largest absolute Gasteiger partial charge is 0.479 e. The number of halogens is 2. The quantitative estimate of drug-likeness (QED) is 0.458. The van der Waals surface area contributed by atoms with E-state index in [4.69, 9.17) is 0 Å². The van der Waals surface area contributed by atoms with Gasteiger partial charge in [-0.15, -0.1) is 0 Å². The van der Waals surface area contributed by atoms with Crippen molar-refractivity contribution in [3.8, 4) is 0 Å². The molecule has 0 fully saturated rings. The molecular weight excluding hydrogens is 156 g/mol. The van der Waals surface area contributed by atoms with E-state index in [0.29, 0.717) is 0 Å². The monoisotopic (exact) mass is 169 g/mol. The van der Waals surface area contributed by atoms with Gasteiger partial charge >= 0.3 is 0 Å². The lowest BCUT2D eigenvalue weighted by atomic mass is 10.5. The molecule has 0 aromatic rings. The lowest BCUT2D eigenvalue weighted by Gasteiger charge is -2.00. The van der Waals surface area contributed by atoms with Crippen LogP contribution in [0.25, 0.3) is 0 Å². The van der Waals surface area contributed by atoms with Crippen LogP contribution in [0.15, 0.2) is 0 Å². The molecular formula is C6H13F2NS. The van der Waals surface area contributed by atoms with Gasteiger partial charge in [0, 0.05) is 6.42 Å². The second kappa shape index (κ2) is 7.28. The lowest BCUT2D eigenvalue weighted by Crippen LogP contribution is -2.76. The van der Waals surface area contributed by atoms with Crippen LogP contribution in [0.4, 0.5) is 8.78 Å². The molecule has 0 aliphatic heterocycles. The molecule has 62 valence electrons. The van der Waals surface area contributed by atoms with Crippen LogP contribution in [-0.2, 0) is 0 Å². The fraction of sp³-hybridized carbons (Fsp3) is 0.833. The third kappa shape index (κ3) is 8.17. The summed E-state index contributed by atoms with van der Waals surface area (Å²) in [5, 5.41) is 1.81.